The molecule has 1 unspecified atom stereocenters. The van der Waals surface area contributed by atoms with Crippen molar-refractivity contribution in [3.8, 4) is 35.5 Å². The Morgan fingerprint density at radius 3 is 2.58 bits per heavy atom. The second-order valence-corrected chi connectivity index (χ2v) is 5.17. The second kappa shape index (κ2) is 17.2. The molecule has 0 aromatic carbocycles. The molecule has 1 atom stereocenters. The number of aliphatic hydroxyl groups excluding tert-OH is 1. The molecule has 1 N–H and O–H groups in total. The maximum absolute atomic E-state index is 10.9. The molecule has 0 saturated heterocycles. The van der Waals surface area contributed by atoms with E-state index in [2.05, 4.69) is 47.2 Å². The van der Waals surface area contributed by atoms with Crippen LogP contribution in [0.4, 0.5) is 0 Å². The predicted molar refractivity (Wildman–Crippen MR) is 97.7 cm³/mol. The van der Waals surface area contributed by atoms with Gasteiger partial charge in [-0.15, -0.1) is 11.8 Å². The van der Waals surface area contributed by atoms with Gasteiger partial charge in [-0.2, -0.15) is 0 Å². The lowest BCUT2D eigenvalue weighted by Crippen LogP contribution is -1.98. The number of hydrogen-bond donors (Lipinski definition) is 1. The van der Waals surface area contributed by atoms with Crippen molar-refractivity contribution in [2.75, 3.05) is 7.11 Å². The molecule has 0 heterocycles. The molecule has 0 saturated carbocycles. The van der Waals surface area contributed by atoms with E-state index in [9.17, 15) is 9.90 Å². The zero-order valence-corrected chi connectivity index (χ0v) is 14.9. The number of aliphatic hydroxyl groups is 1. The number of allylic oxidation sites excluding steroid dienone is 1. The van der Waals surface area contributed by atoms with Crippen LogP contribution < -0.4 is 0 Å². The SMILES string of the molecule is CCCCCC#CCC#CC(O)/C=C/CC#CCCCC(=O)OC. The molecule has 0 aromatic heterocycles. The molecule has 0 aliphatic rings. The standard InChI is InChI=1S/C21H28O3/c1-3-4-5-6-7-8-11-14-17-20(22)18-15-12-9-10-13-16-19-21(23)24-2/h15,18,20,22H,3-6,11-13,16,19H2,1-2H3/b18-15+. The lowest BCUT2D eigenvalue weighted by Gasteiger charge is -1.94. The quantitative estimate of drug-likeness (QED) is 0.320. The molecule has 3 heteroatoms. The van der Waals surface area contributed by atoms with Crippen LogP contribution in [0.1, 0.15) is 64.7 Å². The molecule has 24 heavy (non-hydrogen) atoms. The van der Waals surface area contributed by atoms with E-state index in [1.165, 1.54) is 20.0 Å². The topological polar surface area (TPSA) is 46.5 Å². The van der Waals surface area contributed by atoms with Crippen LogP contribution in [0.15, 0.2) is 12.2 Å². The Kier molecular flexibility index (Phi) is 15.7. The van der Waals surface area contributed by atoms with Gasteiger partial charge in [0.25, 0.3) is 0 Å². The average molecular weight is 328 g/mol. The summed E-state index contributed by atoms with van der Waals surface area (Å²) < 4.78 is 4.54. The van der Waals surface area contributed by atoms with Crippen LogP contribution in [0, 0.1) is 35.5 Å². The highest BCUT2D eigenvalue weighted by atomic mass is 16.5. The van der Waals surface area contributed by atoms with Gasteiger partial charge in [-0.3, -0.25) is 4.79 Å². The van der Waals surface area contributed by atoms with Crippen molar-refractivity contribution < 1.29 is 14.6 Å². The molecule has 3 nitrogen and oxygen atoms in total. The van der Waals surface area contributed by atoms with Gasteiger partial charge in [0.15, 0.2) is 0 Å². The first-order valence-corrected chi connectivity index (χ1v) is 8.52. The molecule has 0 spiro atoms. The summed E-state index contributed by atoms with van der Waals surface area (Å²) in [6.45, 7) is 2.17. The van der Waals surface area contributed by atoms with Gasteiger partial charge in [0.05, 0.1) is 13.5 Å². The van der Waals surface area contributed by atoms with Crippen LogP contribution >= 0.6 is 0 Å². The van der Waals surface area contributed by atoms with E-state index in [0.29, 0.717) is 32.1 Å². The number of ether oxygens (including phenoxy) is 1. The van der Waals surface area contributed by atoms with Crippen molar-refractivity contribution in [2.24, 2.45) is 0 Å². The minimum atomic E-state index is -0.770. The van der Waals surface area contributed by atoms with Gasteiger partial charge in [-0.25, -0.2) is 0 Å². The molecular formula is C21H28O3. The van der Waals surface area contributed by atoms with E-state index >= 15 is 0 Å². The van der Waals surface area contributed by atoms with Gasteiger partial charge in [-0.1, -0.05) is 49.5 Å². The Hall–Kier alpha value is -2.15. The molecule has 0 fully saturated rings. The smallest absolute Gasteiger partial charge is 0.305 e. The first kappa shape index (κ1) is 21.9. The fraction of sp³-hybridized carbons (Fsp3) is 0.571. The Balaban J connectivity index is 3.77. The highest BCUT2D eigenvalue weighted by molar-refractivity contribution is 5.69. The fourth-order valence-corrected chi connectivity index (χ4v) is 1.70. The van der Waals surface area contributed by atoms with Crippen LogP contribution in [0.25, 0.3) is 0 Å². The van der Waals surface area contributed by atoms with E-state index < -0.39 is 6.10 Å². The lowest BCUT2D eigenvalue weighted by atomic mass is 10.2. The van der Waals surface area contributed by atoms with Gasteiger partial charge >= 0.3 is 5.97 Å². The first-order chi connectivity index (χ1) is 11.7. The summed E-state index contributed by atoms with van der Waals surface area (Å²) in [5, 5.41) is 9.64. The Morgan fingerprint density at radius 1 is 1.08 bits per heavy atom. The van der Waals surface area contributed by atoms with Crippen molar-refractivity contribution in [1.82, 2.24) is 0 Å². The maximum Gasteiger partial charge on any atom is 0.305 e. The highest BCUT2D eigenvalue weighted by Gasteiger charge is 1.96. The summed E-state index contributed by atoms with van der Waals surface area (Å²) in [4.78, 5) is 10.9. The van der Waals surface area contributed by atoms with Gasteiger partial charge in [0.1, 0.15) is 6.10 Å². The van der Waals surface area contributed by atoms with Crippen molar-refractivity contribution in [3.63, 3.8) is 0 Å². The molecule has 0 aromatic rings. The van der Waals surface area contributed by atoms with Crippen molar-refractivity contribution >= 4 is 5.97 Å². The molecule has 0 radical (unpaired) electrons. The highest BCUT2D eigenvalue weighted by Crippen LogP contribution is 1.97. The van der Waals surface area contributed by atoms with E-state index in [0.717, 1.165) is 12.8 Å². The average Bonchev–Trinajstić information content (AvgIpc) is 2.59. The maximum atomic E-state index is 10.9. The van der Waals surface area contributed by atoms with Crippen LogP contribution in [0.3, 0.4) is 0 Å². The van der Waals surface area contributed by atoms with E-state index in [1.54, 1.807) is 12.2 Å². The van der Waals surface area contributed by atoms with Gasteiger partial charge in [-0.05, 0) is 18.9 Å². The minimum Gasteiger partial charge on any atom is -0.469 e. The van der Waals surface area contributed by atoms with Crippen molar-refractivity contribution in [1.29, 1.82) is 0 Å². The molecule has 0 amide bonds. The third-order valence-corrected chi connectivity index (χ3v) is 3.03. The van der Waals surface area contributed by atoms with E-state index in [-0.39, 0.29) is 5.97 Å². The number of hydrogen-bond acceptors (Lipinski definition) is 3. The Labute approximate surface area is 146 Å². The van der Waals surface area contributed by atoms with Crippen LogP contribution in [-0.2, 0) is 9.53 Å². The largest absolute Gasteiger partial charge is 0.469 e. The summed E-state index contributed by atoms with van der Waals surface area (Å²) in [7, 11) is 1.38. The number of unbranched alkanes of at least 4 members (excludes halogenated alkanes) is 4. The zero-order chi connectivity index (χ0) is 17.9. The van der Waals surface area contributed by atoms with Gasteiger partial charge < -0.3 is 9.84 Å². The molecule has 0 rings (SSSR count). The summed E-state index contributed by atoms with van der Waals surface area (Å²) in [5.74, 6) is 17.4. The third-order valence-electron chi connectivity index (χ3n) is 3.03. The van der Waals surface area contributed by atoms with Crippen molar-refractivity contribution in [3.05, 3.63) is 12.2 Å². The molecule has 0 bridgehead atoms. The Bertz CT molecular complexity index is 541. The number of methoxy groups -OCH3 is 1. The van der Waals surface area contributed by atoms with E-state index in [4.69, 9.17) is 0 Å². The van der Waals surface area contributed by atoms with Gasteiger partial charge in [0.2, 0.25) is 0 Å². The molecular weight excluding hydrogens is 300 g/mol. The zero-order valence-electron chi connectivity index (χ0n) is 14.9. The van der Waals surface area contributed by atoms with Crippen LogP contribution in [-0.4, -0.2) is 24.3 Å². The van der Waals surface area contributed by atoms with Gasteiger partial charge in [0, 0.05) is 25.7 Å². The van der Waals surface area contributed by atoms with E-state index in [1.807, 2.05) is 0 Å². The first-order valence-electron chi connectivity index (χ1n) is 8.52. The summed E-state index contributed by atoms with van der Waals surface area (Å²) in [5.41, 5.74) is 0. The Morgan fingerprint density at radius 2 is 1.83 bits per heavy atom. The predicted octanol–water partition coefficient (Wildman–Crippen LogP) is 3.62. The van der Waals surface area contributed by atoms with Crippen LogP contribution in [0.5, 0.6) is 0 Å². The third kappa shape index (κ3) is 16.2. The monoisotopic (exact) mass is 328 g/mol. The summed E-state index contributed by atoms with van der Waals surface area (Å²) in [6.07, 6.45) is 9.99. The number of carbonyl (C=O) groups is 1. The molecule has 130 valence electrons. The molecule has 0 aliphatic carbocycles. The fourth-order valence-electron chi connectivity index (χ4n) is 1.70. The number of esters is 1. The van der Waals surface area contributed by atoms with Crippen molar-refractivity contribution in [2.45, 2.75) is 70.8 Å². The van der Waals surface area contributed by atoms with Crippen LogP contribution in [0.2, 0.25) is 0 Å². The second-order valence-electron chi connectivity index (χ2n) is 5.17. The summed E-state index contributed by atoms with van der Waals surface area (Å²) in [6, 6.07) is 0. The minimum absolute atomic E-state index is 0.205. The molecule has 0 aliphatic heterocycles. The normalized spacial score (nSPS) is 10.6. The summed E-state index contributed by atoms with van der Waals surface area (Å²) >= 11 is 0. The number of carbonyl (C=O) groups excluding carboxylic acids is 1. The lowest BCUT2D eigenvalue weighted by molar-refractivity contribution is -0.140. The number of rotatable bonds is 8.